The maximum Gasteiger partial charge on any atom is 0.242 e. The fraction of sp³-hybridized carbons (Fsp3) is 0.462. The van der Waals surface area contributed by atoms with Crippen molar-refractivity contribution in [1.82, 2.24) is 10.2 Å². The third-order valence-corrected chi connectivity index (χ3v) is 6.87. The Balaban J connectivity index is 2.18. The van der Waals surface area contributed by atoms with E-state index in [1.165, 1.54) is 24.3 Å². The van der Waals surface area contributed by atoms with Gasteiger partial charge in [0.2, 0.25) is 21.8 Å². The molecule has 0 aliphatic rings. The molecule has 0 saturated heterocycles. The predicted molar refractivity (Wildman–Crippen MR) is 137 cm³/mol. The smallest absolute Gasteiger partial charge is 0.242 e. The Labute approximate surface area is 208 Å². The number of nitrogens with zero attached hydrogens (tertiary/aromatic N) is 2. The van der Waals surface area contributed by atoms with Crippen LogP contribution in [0, 0.1) is 12.7 Å². The summed E-state index contributed by atoms with van der Waals surface area (Å²) in [6, 6.07) is 12.4. The number of rotatable bonds is 13. The van der Waals surface area contributed by atoms with Gasteiger partial charge < -0.3 is 10.2 Å². The third-order valence-electron chi connectivity index (χ3n) is 5.68. The van der Waals surface area contributed by atoms with E-state index in [-0.39, 0.29) is 37.7 Å². The van der Waals surface area contributed by atoms with Gasteiger partial charge in [-0.1, -0.05) is 43.7 Å². The second-order valence-electron chi connectivity index (χ2n) is 8.64. The maximum absolute atomic E-state index is 13.3. The highest BCUT2D eigenvalue weighted by molar-refractivity contribution is 7.92. The summed E-state index contributed by atoms with van der Waals surface area (Å²) in [6.45, 7) is 6.69. The predicted octanol–water partition coefficient (Wildman–Crippen LogP) is 4.01. The van der Waals surface area contributed by atoms with Gasteiger partial charge in [0, 0.05) is 26.1 Å². The minimum Gasteiger partial charge on any atom is -0.354 e. The normalized spacial score (nSPS) is 12.1. The fourth-order valence-electron chi connectivity index (χ4n) is 3.79. The van der Waals surface area contributed by atoms with Crippen LogP contribution < -0.4 is 9.62 Å². The molecule has 2 aromatic carbocycles. The summed E-state index contributed by atoms with van der Waals surface area (Å²) >= 11 is 0. The first-order valence-electron chi connectivity index (χ1n) is 11.9. The van der Waals surface area contributed by atoms with Crippen LogP contribution in [0.25, 0.3) is 0 Å². The van der Waals surface area contributed by atoms with E-state index >= 15 is 0 Å². The van der Waals surface area contributed by atoms with Crippen LogP contribution in [0.4, 0.5) is 10.1 Å². The van der Waals surface area contributed by atoms with Crippen LogP contribution in [-0.2, 0) is 26.2 Å². The summed E-state index contributed by atoms with van der Waals surface area (Å²) in [7, 11) is -3.62. The van der Waals surface area contributed by atoms with Gasteiger partial charge in [-0.05, 0) is 56.0 Å². The Morgan fingerprint density at radius 2 is 1.66 bits per heavy atom. The zero-order valence-electron chi connectivity index (χ0n) is 21.0. The van der Waals surface area contributed by atoms with Gasteiger partial charge in [-0.2, -0.15) is 0 Å². The van der Waals surface area contributed by atoms with Crippen molar-refractivity contribution in [3.63, 3.8) is 0 Å². The SMILES string of the molecule is CCCNC(=O)C(CC)N(Cc1ccc(C)cc1)C(=O)CCCN(c1ccc(F)cc1)S(C)(=O)=O. The van der Waals surface area contributed by atoms with Crippen molar-refractivity contribution < 1.29 is 22.4 Å². The lowest BCUT2D eigenvalue weighted by molar-refractivity contribution is -0.141. The molecule has 1 atom stereocenters. The lowest BCUT2D eigenvalue weighted by Crippen LogP contribution is -2.49. The minimum atomic E-state index is -3.62. The molecule has 1 N–H and O–H groups in total. The van der Waals surface area contributed by atoms with Crippen molar-refractivity contribution in [2.24, 2.45) is 0 Å². The number of benzene rings is 2. The second-order valence-corrected chi connectivity index (χ2v) is 10.5. The molecular formula is C26H36FN3O4S. The zero-order valence-corrected chi connectivity index (χ0v) is 21.8. The molecule has 0 saturated carbocycles. The first-order valence-corrected chi connectivity index (χ1v) is 13.8. The highest BCUT2D eigenvalue weighted by Crippen LogP contribution is 2.20. The van der Waals surface area contributed by atoms with Crippen LogP contribution in [-0.4, -0.2) is 50.5 Å². The quantitative estimate of drug-likeness (QED) is 0.446. The average Bonchev–Trinajstić information content (AvgIpc) is 2.81. The van der Waals surface area contributed by atoms with Crippen LogP contribution in [0.5, 0.6) is 0 Å². The van der Waals surface area contributed by atoms with Gasteiger partial charge in [0.05, 0.1) is 11.9 Å². The molecule has 7 nitrogen and oxygen atoms in total. The highest BCUT2D eigenvalue weighted by Gasteiger charge is 2.28. The minimum absolute atomic E-state index is 0.0629. The number of hydrogen-bond donors (Lipinski definition) is 1. The summed E-state index contributed by atoms with van der Waals surface area (Å²) in [5, 5.41) is 2.88. The van der Waals surface area contributed by atoms with Gasteiger partial charge in [0.1, 0.15) is 11.9 Å². The van der Waals surface area contributed by atoms with Crippen LogP contribution in [0.15, 0.2) is 48.5 Å². The number of halogens is 1. The number of hydrogen-bond acceptors (Lipinski definition) is 4. The van der Waals surface area contributed by atoms with E-state index in [2.05, 4.69) is 5.32 Å². The number of nitrogens with one attached hydrogen (secondary N) is 1. The molecular weight excluding hydrogens is 469 g/mol. The maximum atomic E-state index is 13.3. The molecule has 0 aliphatic heterocycles. The van der Waals surface area contributed by atoms with Crippen LogP contribution >= 0.6 is 0 Å². The number of aryl methyl sites for hydroxylation is 1. The van der Waals surface area contributed by atoms with E-state index in [0.717, 1.165) is 28.1 Å². The number of carbonyl (C=O) groups excluding carboxylic acids is 2. The largest absolute Gasteiger partial charge is 0.354 e. The Bertz CT molecular complexity index is 1070. The molecule has 0 heterocycles. The van der Waals surface area contributed by atoms with Gasteiger partial charge in [0.15, 0.2) is 0 Å². The van der Waals surface area contributed by atoms with E-state index in [1.807, 2.05) is 45.0 Å². The molecule has 1 unspecified atom stereocenters. The van der Waals surface area contributed by atoms with E-state index in [9.17, 15) is 22.4 Å². The number of anilines is 1. The number of amides is 2. The molecule has 2 amide bonds. The molecule has 0 radical (unpaired) electrons. The highest BCUT2D eigenvalue weighted by atomic mass is 32.2. The van der Waals surface area contributed by atoms with E-state index < -0.39 is 21.9 Å². The number of sulfonamides is 1. The molecule has 2 aromatic rings. The van der Waals surface area contributed by atoms with Crippen molar-refractivity contribution >= 4 is 27.5 Å². The first-order chi connectivity index (χ1) is 16.6. The van der Waals surface area contributed by atoms with Gasteiger partial charge in [-0.15, -0.1) is 0 Å². The van der Waals surface area contributed by atoms with Crippen molar-refractivity contribution in [3.05, 3.63) is 65.5 Å². The molecule has 9 heteroatoms. The molecule has 192 valence electrons. The molecule has 35 heavy (non-hydrogen) atoms. The average molecular weight is 506 g/mol. The fourth-order valence-corrected chi connectivity index (χ4v) is 4.75. The van der Waals surface area contributed by atoms with Crippen molar-refractivity contribution in [3.8, 4) is 0 Å². The second kappa shape index (κ2) is 13.2. The van der Waals surface area contributed by atoms with Gasteiger partial charge >= 0.3 is 0 Å². The van der Waals surface area contributed by atoms with Gasteiger partial charge in [0.25, 0.3) is 0 Å². The van der Waals surface area contributed by atoms with Gasteiger partial charge in [-0.25, -0.2) is 12.8 Å². The molecule has 0 bridgehead atoms. The van der Waals surface area contributed by atoms with Crippen LogP contribution in [0.3, 0.4) is 0 Å². The summed E-state index contributed by atoms with van der Waals surface area (Å²) < 4.78 is 39.1. The monoisotopic (exact) mass is 505 g/mol. The lowest BCUT2D eigenvalue weighted by Gasteiger charge is -2.31. The van der Waals surface area contributed by atoms with Gasteiger partial charge in [-0.3, -0.25) is 13.9 Å². The van der Waals surface area contributed by atoms with E-state index in [0.29, 0.717) is 18.7 Å². The van der Waals surface area contributed by atoms with Crippen molar-refractivity contribution in [2.45, 2.75) is 59.0 Å². The Kier molecular flexibility index (Phi) is 10.7. The van der Waals surface area contributed by atoms with E-state index in [4.69, 9.17) is 0 Å². The van der Waals surface area contributed by atoms with Crippen LogP contribution in [0.2, 0.25) is 0 Å². The molecule has 0 aromatic heterocycles. The van der Waals surface area contributed by atoms with E-state index in [1.54, 1.807) is 4.90 Å². The topological polar surface area (TPSA) is 86.8 Å². The van der Waals surface area contributed by atoms with Crippen molar-refractivity contribution in [2.75, 3.05) is 23.7 Å². The Morgan fingerprint density at radius 3 is 2.20 bits per heavy atom. The first kappa shape index (κ1) is 28.3. The summed E-state index contributed by atoms with van der Waals surface area (Å²) in [5.41, 5.74) is 2.35. The summed E-state index contributed by atoms with van der Waals surface area (Å²) in [6.07, 6.45) is 2.64. The molecule has 0 aliphatic carbocycles. The zero-order chi connectivity index (χ0) is 26.0. The standard InChI is InChI=1S/C26H36FN3O4S/c1-5-17-28-26(32)24(6-2)29(19-21-11-9-20(3)10-12-21)25(31)8-7-18-30(35(4,33)34)23-15-13-22(27)14-16-23/h9-16,24H,5-8,17-19H2,1-4H3,(H,28,32). The summed E-state index contributed by atoms with van der Waals surface area (Å²) in [4.78, 5) is 27.7. The summed E-state index contributed by atoms with van der Waals surface area (Å²) in [5.74, 6) is -0.883. The van der Waals surface area contributed by atoms with Crippen molar-refractivity contribution in [1.29, 1.82) is 0 Å². The number of carbonyl (C=O) groups is 2. The molecule has 2 rings (SSSR count). The lowest BCUT2D eigenvalue weighted by atomic mass is 10.1. The molecule has 0 fully saturated rings. The Hall–Kier alpha value is -2.94. The molecule has 0 spiro atoms. The Morgan fingerprint density at radius 1 is 1.03 bits per heavy atom. The third kappa shape index (κ3) is 8.65. The van der Waals surface area contributed by atoms with Crippen LogP contribution in [0.1, 0.15) is 50.7 Å².